The fourth-order valence-corrected chi connectivity index (χ4v) is 5.61. The van der Waals surface area contributed by atoms with Crippen molar-refractivity contribution < 1.29 is 18.0 Å². The van der Waals surface area contributed by atoms with Gasteiger partial charge in [-0.15, -0.1) is 0 Å². The van der Waals surface area contributed by atoms with Crippen molar-refractivity contribution in [3.8, 4) is 0 Å². The van der Waals surface area contributed by atoms with Crippen LogP contribution in [0.25, 0.3) is 10.9 Å². The second-order valence-electron chi connectivity index (χ2n) is 10.3. The Hall–Kier alpha value is -2.11. The molecule has 3 rings (SSSR count). The number of ketones is 1. The summed E-state index contributed by atoms with van der Waals surface area (Å²) in [6.45, 7) is 8.20. The number of aromatic nitrogens is 1. The van der Waals surface area contributed by atoms with Crippen LogP contribution in [0.4, 0.5) is 13.2 Å². The van der Waals surface area contributed by atoms with Crippen LogP contribution >= 0.6 is 0 Å². The molecule has 5 atom stereocenters. The van der Waals surface area contributed by atoms with Crippen molar-refractivity contribution in [2.75, 3.05) is 0 Å². The largest absolute Gasteiger partial charge is 0.417 e. The third-order valence-corrected chi connectivity index (χ3v) is 7.98. The molecule has 1 aliphatic rings. The molecule has 3 unspecified atom stereocenters. The third-order valence-electron chi connectivity index (χ3n) is 7.98. The van der Waals surface area contributed by atoms with E-state index >= 15 is 0 Å². The summed E-state index contributed by atoms with van der Waals surface area (Å²) in [5.41, 5.74) is -0.496. The van der Waals surface area contributed by atoms with Crippen molar-refractivity contribution in [1.82, 2.24) is 4.98 Å². The SMILES string of the molecule is CC(=O)C(C)CCCC[C@H]1CC[C@@H](C)C(Cc2ccc3[nH]c(=O)cc(C(F)(F)F)c3c2)C1C. The number of H-pyrrole nitrogens is 1. The molecular formula is C27H36F3NO2. The van der Waals surface area contributed by atoms with Crippen LogP contribution in [0.3, 0.4) is 0 Å². The molecule has 1 saturated carbocycles. The fraction of sp³-hybridized carbons (Fsp3) is 0.630. The first-order chi connectivity index (χ1) is 15.5. The number of hydrogen-bond donors (Lipinski definition) is 1. The average Bonchev–Trinajstić information content (AvgIpc) is 2.74. The van der Waals surface area contributed by atoms with E-state index in [0.29, 0.717) is 29.7 Å². The van der Waals surface area contributed by atoms with E-state index in [4.69, 9.17) is 0 Å². The highest BCUT2D eigenvalue weighted by atomic mass is 19.4. The zero-order valence-corrected chi connectivity index (χ0v) is 20.1. The Labute approximate surface area is 194 Å². The van der Waals surface area contributed by atoms with Crippen molar-refractivity contribution in [3.05, 3.63) is 45.7 Å². The molecule has 1 aromatic carbocycles. The summed E-state index contributed by atoms with van der Waals surface area (Å²) in [6.07, 6.45) is 2.77. The monoisotopic (exact) mass is 463 g/mol. The molecule has 1 heterocycles. The van der Waals surface area contributed by atoms with Gasteiger partial charge < -0.3 is 4.98 Å². The second-order valence-corrected chi connectivity index (χ2v) is 10.3. The van der Waals surface area contributed by atoms with Crippen molar-refractivity contribution >= 4 is 16.7 Å². The molecule has 1 aliphatic carbocycles. The molecule has 3 nitrogen and oxygen atoms in total. The first-order valence-electron chi connectivity index (χ1n) is 12.2. The molecule has 6 heteroatoms. The van der Waals surface area contributed by atoms with Crippen LogP contribution in [0.5, 0.6) is 0 Å². The third kappa shape index (κ3) is 6.27. The van der Waals surface area contributed by atoms with E-state index < -0.39 is 17.3 Å². The molecule has 1 N–H and O–H groups in total. The number of halogens is 3. The highest BCUT2D eigenvalue weighted by Crippen LogP contribution is 2.43. The molecular weight excluding hydrogens is 427 g/mol. The molecule has 182 valence electrons. The van der Waals surface area contributed by atoms with E-state index in [2.05, 4.69) is 18.8 Å². The van der Waals surface area contributed by atoms with E-state index in [0.717, 1.165) is 44.1 Å². The number of alkyl halides is 3. The summed E-state index contributed by atoms with van der Waals surface area (Å²) in [7, 11) is 0. The molecule has 1 aromatic heterocycles. The molecule has 0 amide bonds. The van der Waals surface area contributed by atoms with Crippen molar-refractivity contribution in [2.24, 2.45) is 29.6 Å². The molecule has 0 bridgehead atoms. The predicted octanol–water partition coefficient (Wildman–Crippen LogP) is 7.17. The Bertz CT molecular complexity index is 1030. The summed E-state index contributed by atoms with van der Waals surface area (Å²) >= 11 is 0. The molecule has 2 aromatic rings. The molecule has 1 fully saturated rings. The summed E-state index contributed by atoms with van der Waals surface area (Å²) in [5, 5.41) is 0.0619. The van der Waals surface area contributed by atoms with Crippen molar-refractivity contribution in [2.45, 2.75) is 78.8 Å². The molecule has 33 heavy (non-hydrogen) atoms. The molecule has 0 saturated heterocycles. The maximum Gasteiger partial charge on any atom is 0.417 e. The van der Waals surface area contributed by atoms with Crippen LogP contribution in [0.2, 0.25) is 0 Å². The van der Waals surface area contributed by atoms with Gasteiger partial charge in [0, 0.05) is 22.9 Å². The van der Waals surface area contributed by atoms with E-state index in [-0.39, 0.29) is 22.6 Å². The zero-order chi connectivity index (χ0) is 24.3. The number of pyridine rings is 1. The lowest BCUT2D eigenvalue weighted by Gasteiger charge is -2.41. The number of Topliss-reactive ketones (excluding diaryl/α,β-unsaturated/α-hetero) is 1. The minimum atomic E-state index is -4.57. The van der Waals surface area contributed by atoms with Crippen molar-refractivity contribution in [3.63, 3.8) is 0 Å². The van der Waals surface area contributed by atoms with Gasteiger partial charge >= 0.3 is 6.18 Å². The van der Waals surface area contributed by atoms with Crippen LogP contribution in [0.15, 0.2) is 29.1 Å². The van der Waals surface area contributed by atoms with Gasteiger partial charge in [0.2, 0.25) is 5.56 Å². The van der Waals surface area contributed by atoms with Gasteiger partial charge in [-0.25, -0.2) is 0 Å². The van der Waals surface area contributed by atoms with Crippen LogP contribution in [-0.4, -0.2) is 10.8 Å². The number of aromatic amines is 1. The quantitative estimate of drug-likeness (QED) is 0.422. The number of nitrogens with one attached hydrogen (secondary N) is 1. The topological polar surface area (TPSA) is 49.9 Å². The van der Waals surface area contributed by atoms with Gasteiger partial charge in [-0.2, -0.15) is 13.2 Å². The van der Waals surface area contributed by atoms with Gasteiger partial charge in [-0.1, -0.05) is 52.5 Å². The maximum atomic E-state index is 13.5. The standard InChI is InChI=1S/C27H36F3NO2/c1-16(19(4)32)7-5-6-8-21-11-9-17(2)22(18(21)3)13-20-10-12-25-23(14-20)24(27(28,29)30)15-26(33)31-25/h10,12,14-18,21-22H,5-9,11,13H2,1-4H3,(H,31,33)/t16?,17-,18?,21+,22?/m1/s1. The first-order valence-corrected chi connectivity index (χ1v) is 12.2. The maximum absolute atomic E-state index is 13.5. The molecule has 0 radical (unpaired) electrons. The van der Waals surface area contributed by atoms with Gasteiger partial charge in [-0.05, 0) is 67.6 Å². The van der Waals surface area contributed by atoms with Gasteiger partial charge in [0.1, 0.15) is 5.78 Å². The number of rotatable bonds is 8. The Morgan fingerprint density at radius 1 is 1.15 bits per heavy atom. The smallest absolute Gasteiger partial charge is 0.322 e. The lowest BCUT2D eigenvalue weighted by molar-refractivity contribution is -0.136. The van der Waals surface area contributed by atoms with E-state index in [1.807, 2.05) is 13.0 Å². The normalized spacial score (nSPS) is 24.7. The predicted molar refractivity (Wildman–Crippen MR) is 126 cm³/mol. The van der Waals surface area contributed by atoms with Crippen LogP contribution in [0.1, 0.15) is 77.3 Å². The van der Waals surface area contributed by atoms with E-state index in [1.165, 1.54) is 6.42 Å². The number of carbonyl (C=O) groups is 1. The summed E-state index contributed by atoms with van der Waals surface area (Å²) in [6, 6.07) is 5.72. The van der Waals surface area contributed by atoms with E-state index in [9.17, 15) is 22.8 Å². The zero-order valence-electron chi connectivity index (χ0n) is 20.1. The summed E-state index contributed by atoms with van der Waals surface area (Å²) in [4.78, 5) is 25.6. The summed E-state index contributed by atoms with van der Waals surface area (Å²) in [5.74, 6) is 2.42. The van der Waals surface area contributed by atoms with Crippen LogP contribution in [0, 0.1) is 29.6 Å². The van der Waals surface area contributed by atoms with Gasteiger partial charge in [0.25, 0.3) is 0 Å². The Morgan fingerprint density at radius 2 is 1.88 bits per heavy atom. The number of fused-ring (bicyclic) bond motifs is 1. The number of benzene rings is 1. The molecule has 0 aliphatic heterocycles. The highest BCUT2D eigenvalue weighted by Gasteiger charge is 2.35. The highest BCUT2D eigenvalue weighted by molar-refractivity contribution is 5.83. The second kappa shape index (κ2) is 10.4. The number of carbonyl (C=O) groups excluding carboxylic acids is 1. The lowest BCUT2D eigenvalue weighted by Crippen LogP contribution is -2.33. The fourth-order valence-electron chi connectivity index (χ4n) is 5.61. The minimum Gasteiger partial charge on any atom is -0.322 e. The van der Waals surface area contributed by atoms with Crippen LogP contribution in [-0.2, 0) is 17.4 Å². The number of hydrogen-bond acceptors (Lipinski definition) is 2. The first kappa shape index (κ1) is 25.5. The summed E-state index contributed by atoms with van der Waals surface area (Å²) < 4.78 is 40.6. The van der Waals surface area contributed by atoms with Crippen molar-refractivity contribution in [1.29, 1.82) is 0 Å². The van der Waals surface area contributed by atoms with E-state index in [1.54, 1.807) is 19.1 Å². The van der Waals surface area contributed by atoms with Gasteiger partial charge in [-0.3, -0.25) is 9.59 Å². The number of unbranched alkanes of at least 4 members (excludes halogenated alkanes) is 1. The molecule has 0 spiro atoms. The Balaban J connectivity index is 1.72. The Kier molecular flexibility index (Phi) is 8.07. The average molecular weight is 464 g/mol. The Morgan fingerprint density at radius 3 is 2.55 bits per heavy atom. The van der Waals surface area contributed by atoms with Gasteiger partial charge in [0.15, 0.2) is 0 Å². The lowest BCUT2D eigenvalue weighted by atomic mass is 9.65. The van der Waals surface area contributed by atoms with Gasteiger partial charge in [0.05, 0.1) is 5.56 Å². The van der Waals surface area contributed by atoms with Crippen LogP contribution < -0.4 is 5.56 Å². The minimum absolute atomic E-state index is 0.0619.